The standard InChI is InChI=1S/C28H36ClN3O4S/c1-2-37(35,36)31-18-8-11-23(20-31)27(33)30-25-12-6-7-13-26(25)32(19-21-14-16-24(29)17-15-21)28(34)22-9-4-3-5-10-22/h3-5,9-10,14-17,23,25-26H,2,6-8,11-13,18-20H2,1H3,(H,30,33)/t23?,25?,26-/m1/s1. The van der Waals surface area contributed by atoms with Crippen LogP contribution in [0.2, 0.25) is 5.02 Å². The quantitative estimate of drug-likeness (QED) is 0.530. The highest BCUT2D eigenvalue weighted by molar-refractivity contribution is 7.89. The highest BCUT2D eigenvalue weighted by Gasteiger charge is 2.37. The second kappa shape index (κ2) is 12.4. The van der Waals surface area contributed by atoms with E-state index in [0.29, 0.717) is 36.5 Å². The average molecular weight is 546 g/mol. The van der Waals surface area contributed by atoms with Crippen molar-refractivity contribution in [3.8, 4) is 0 Å². The van der Waals surface area contributed by atoms with E-state index in [2.05, 4.69) is 5.32 Å². The van der Waals surface area contributed by atoms with Crippen molar-refractivity contribution in [2.24, 2.45) is 5.92 Å². The lowest BCUT2D eigenvalue weighted by molar-refractivity contribution is -0.127. The number of hydrogen-bond donors (Lipinski definition) is 1. The molecule has 200 valence electrons. The fraction of sp³-hybridized carbons (Fsp3) is 0.500. The second-order valence-electron chi connectivity index (χ2n) is 9.99. The van der Waals surface area contributed by atoms with Gasteiger partial charge in [-0.1, -0.05) is 54.8 Å². The molecule has 2 aromatic rings. The number of carbonyl (C=O) groups excluding carboxylic acids is 2. The van der Waals surface area contributed by atoms with Crippen molar-refractivity contribution >= 4 is 33.4 Å². The summed E-state index contributed by atoms with van der Waals surface area (Å²) in [5.41, 5.74) is 1.58. The van der Waals surface area contributed by atoms with Crippen LogP contribution in [0.25, 0.3) is 0 Å². The van der Waals surface area contributed by atoms with Gasteiger partial charge in [-0.2, -0.15) is 0 Å². The minimum Gasteiger partial charge on any atom is -0.351 e. The Morgan fingerprint density at radius 3 is 2.41 bits per heavy atom. The zero-order chi connectivity index (χ0) is 26.4. The summed E-state index contributed by atoms with van der Waals surface area (Å²) >= 11 is 6.09. The maximum Gasteiger partial charge on any atom is 0.254 e. The van der Waals surface area contributed by atoms with E-state index in [1.54, 1.807) is 6.92 Å². The van der Waals surface area contributed by atoms with Crippen LogP contribution in [-0.2, 0) is 21.4 Å². The third-order valence-electron chi connectivity index (χ3n) is 7.52. The Morgan fingerprint density at radius 1 is 1.00 bits per heavy atom. The van der Waals surface area contributed by atoms with Crippen LogP contribution in [0.1, 0.15) is 61.4 Å². The second-order valence-corrected chi connectivity index (χ2v) is 12.7. The zero-order valence-electron chi connectivity index (χ0n) is 21.3. The van der Waals surface area contributed by atoms with E-state index in [1.807, 2.05) is 59.5 Å². The molecule has 1 saturated carbocycles. The summed E-state index contributed by atoms with van der Waals surface area (Å²) in [6.45, 7) is 2.72. The zero-order valence-corrected chi connectivity index (χ0v) is 22.9. The van der Waals surface area contributed by atoms with E-state index in [0.717, 1.165) is 31.2 Å². The van der Waals surface area contributed by atoms with Gasteiger partial charge in [-0.15, -0.1) is 0 Å². The third-order valence-corrected chi connectivity index (χ3v) is 9.62. The maximum absolute atomic E-state index is 13.7. The number of sulfonamides is 1. The van der Waals surface area contributed by atoms with Gasteiger partial charge >= 0.3 is 0 Å². The molecule has 1 heterocycles. The van der Waals surface area contributed by atoms with Gasteiger partial charge in [0.05, 0.1) is 17.7 Å². The van der Waals surface area contributed by atoms with Crippen molar-refractivity contribution in [1.82, 2.24) is 14.5 Å². The Labute approximate surface area is 225 Å². The summed E-state index contributed by atoms with van der Waals surface area (Å²) in [5, 5.41) is 3.87. The number of amides is 2. The molecule has 7 nitrogen and oxygen atoms in total. The molecule has 2 fully saturated rings. The fourth-order valence-corrected chi connectivity index (χ4v) is 6.72. The molecule has 1 aliphatic carbocycles. The molecular weight excluding hydrogens is 510 g/mol. The van der Waals surface area contributed by atoms with Crippen LogP contribution in [0.4, 0.5) is 0 Å². The van der Waals surface area contributed by atoms with E-state index in [1.165, 1.54) is 4.31 Å². The molecule has 3 atom stereocenters. The Kier molecular flexibility index (Phi) is 9.27. The van der Waals surface area contributed by atoms with E-state index >= 15 is 0 Å². The van der Waals surface area contributed by atoms with Gasteiger partial charge in [0.25, 0.3) is 5.91 Å². The van der Waals surface area contributed by atoms with Gasteiger partial charge in [0.1, 0.15) is 0 Å². The van der Waals surface area contributed by atoms with E-state index in [-0.39, 0.29) is 42.1 Å². The van der Waals surface area contributed by atoms with Crippen molar-refractivity contribution in [3.63, 3.8) is 0 Å². The molecule has 2 amide bonds. The number of hydrogen-bond acceptors (Lipinski definition) is 4. The lowest BCUT2D eigenvalue weighted by Gasteiger charge is -2.41. The molecule has 1 aliphatic heterocycles. The van der Waals surface area contributed by atoms with E-state index < -0.39 is 10.0 Å². The first kappa shape index (κ1) is 27.6. The Hall–Kier alpha value is -2.42. The van der Waals surface area contributed by atoms with Gasteiger partial charge in [-0.25, -0.2) is 12.7 Å². The maximum atomic E-state index is 13.7. The van der Waals surface area contributed by atoms with E-state index in [9.17, 15) is 18.0 Å². The van der Waals surface area contributed by atoms with Gasteiger partial charge in [-0.05, 0) is 62.4 Å². The van der Waals surface area contributed by atoms with Crippen molar-refractivity contribution in [1.29, 1.82) is 0 Å². The summed E-state index contributed by atoms with van der Waals surface area (Å²) in [6.07, 6.45) is 4.84. The number of piperidine rings is 1. The number of nitrogens with zero attached hydrogens (tertiary/aromatic N) is 2. The summed E-state index contributed by atoms with van der Waals surface area (Å²) in [7, 11) is -3.33. The monoisotopic (exact) mass is 545 g/mol. The SMILES string of the molecule is CCS(=O)(=O)N1CCCC(C(=O)NC2CCCC[C@H]2N(Cc2ccc(Cl)cc2)C(=O)c2ccccc2)C1. The minimum atomic E-state index is -3.33. The summed E-state index contributed by atoms with van der Waals surface area (Å²) in [5.74, 6) is -0.536. The molecule has 0 spiro atoms. The van der Waals surface area contributed by atoms with Crippen LogP contribution in [0, 0.1) is 5.92 Å². The first-order valence-corrected chi connectivity index (χ1v) is 15.2. The third kappa shape index (κ3) is 6.92. The lowest BCUT2D eigenvalue weighted by atomic mass is 9.87. The first-order valence-electron chi connectivity index (χ1n) is 13.2. The normalized spacial score (nSPS) is 22.8. The van der Waals surface area contributed by atoms with Crippen LogP contribution in [0.3, 0.4) is 0 Å². The predicted molar refractivity (Wildman–Crippen MR) is 146 cm³/mol. The highest BCUT2D eigenvalue weighted by atomic mass is 35.5. The van der Waals surface area contributed by atoms with Crippen LogP contribution >= 0.6 is 11.6 Å². The van der Waals surface area contributed by atoms with Gasteiger partial charge < -0.3 is 10.2 Å². The number of nitrogens with one attached hydrogen (secondary N) is 1. The fourth-order valence-electron chi connectivity index (χ4n) is 5.42. The predicted octanol–water partition coefficient (Wildman–Crippen LogP) is 4.47. The Bertz CT molecular complexity index is 1170. The Balaban J connectivity index is 1.55. The molecular formula is C28H36ClN3O4S. The van der Waals surface area contributed by atoms with Crippen LogP contribution in [0.15, 0.2) is 54.6 Å². The van der Waals surface area contributed by atoms with Crippen LogP contribution in [-0.4, -0.2) is 60.4 Å². The summed E-state index contributed by atoms with van der Waals surface area (Å²) in [4.78, 5) is 29.0. The van der Waals surface area contributed by atoms with Crippen molar-refractivity contribution in [2.45, 2.75) is 64.1 Å². The van der Waals surface area contributed by atoms with E-state index in [4.69, 9.17) is 11.6 Å². The molecule has 2 aliphatic rings. The molecule has 4 rings (SSSR count). The number of carbonyl (C=O) groups is 2. The smallest absolute Gasteiger partial charge is 0.254 e. The first-order chi connectivity index (χ1) is 17.8. The van der Waals surface area contributed by atoms with Crippen LogP contribution < -0.4 is 5.32 Å². The van der Waals surface area contributed by atoms with Gasteiger partial charge in [0.2, 0.25) is 15.9 Å². The lowest BCUT2D eigenvalue weighted by Crippen LogP contribution is -2.56. The molecule has 37 heavy (non-hydrogen) atoms. The van der Waals surface area contributed by atoms with Crippen molar-refractivity contribution in [3.05, 3.63) is 70.7 Å². The van der Waals surface area contributed by atoms with Crippen molar-refractivity contribution in [2.75, 3.05) is 18.8 Å². The molecule has 2 aromatic carbocycles. The Morgan fingerprint density at radius 2 is 1.70 bits per heavy atom. The average Bonchev–Trinajstić information content (AvgIpc) is 2.93. The summed E-state index contributed by atoms with van der Waals surface area (Å²) in [6, 6.07) is 16.4. The molecule has 1 N–H and O–H groups in total. The number of rotatable bonds is 8. The topological polar surface area (TPSA) is 86.8 Å². The molecule has 0 bridgehead atoms. The molecule has 1 saturated heterocycles. The highest BCUT2D eigenvalue weighted by Crippen LogP contribution is 2.28. The molecule has 0 radical (unpaired) electrons. The summed E-state index contributed by atoms with van der Waals surface area (Å²) < 4.78 is 26.2. The molecule has 0 aromatic heterocycles. The van der Waals surface area contributed by atoms with Crippen LogP contribution in [0.5, 0.6) is 0 Å². The van der Waals surface area contributed by atoms with Gasteiger partial charge in [0, 0.05) is 36.3 Å². The number of halogens is 1. The largest absolute Gasteiger partial charge is 0.351 e. The number of benzene rings is 2. The molecule has 2 unspecified atom stereocenters. The van der Waals surface area contributed by atoms with Gasteiger partial charge in [-0.3, -0.25) is 9.59 Å². The molecule has 9 heteroatoms. The minimum absolute atomic E-state index is 0.0350. The van der Waals surface area contributed by atoms with Gasteiger partial charge in [0.15, 0.2) is 0 Å². The van der Waals surface area contributed by atoms with Crippen molar-refractivity contribution < 1.29 is 18.0 Å².